The monoisotopic (exact) mass is 400 g/mol. The lowest BCUT2D eigenvalue weighted by Gasteiger charge is -2.28. The molecule has 6 heteroatoms. The van der Waals surface area contributed by atoms with Crippen LogP contribution in [0, 0.1) is 0 Å². The highest BCUT2D eigenvalue weighted by atomic mass is 32.1. The van der Waals surface area contributed by atoms with Gasteiger partial charge in [0, 0.05) is 10.9 Å². The SMILES string of the molecule is OC1CCC(Nc2nc(CN3CCCCC3)nc3sc4c(c23)CCCC4)CC1. The first kappa shape index (κ1) is 18.8. The quantitative estimate of drug-likeness (QED) is 0.802. The molecule has 2 fully saturated rings. The van der Waals surface area contributed by atoms with Gasteiger partial charge in [-0.1, -0.05) is 6.42 Å². The highest BCUT2D eigenvalue weighted by molar-refractivity contribution is 7.19. The van der Waals surface area contributed by atoms with Gasteiger partial charge in [-0.15, -0.1) is 11.3 Å². The zero-order valence-corrected chi connectivity index (χ0v) is 17.6. The second-order valence-corrected chi connectivity index (χ2v) is 9.95. The highest BCUT2D eigenvalue weighted by Crippen LogP contribution is 2.39. The van der Waals surface area contributed by atoms with Crippen LogP contribution in [-0.2, 0) is 19.4 Å². The molecular weight excluding hydrogens is 368 g/mol. The number of hydrogen-bond donors (Lipinski definition) is 2. The van der Waals surface area contributed by atoms with E-state index in [0.29, 0.717) is 6.04 Å². The summed E-state index contributed by atoms with van der Waals surface area (Å²) in [6.45, 7) is 3.22. The molecule has 28 heavy (non-hydrogen) atoms. The Morgan fingerprint density at radius 3 is 2.57 bits per heavy atom. The number of aliphatic hydroxyl groups excluding tert-OH is 1. The molecule has 2 aromatic rings. The van der Waals surface area contributed by atoms with Gasteiger partial charge in [-0.3, -0.25) is 4.90 Å². The zero-order chi connectivity index (χ0) is 18.9. The minimum Gasteiger partial charge on any atom is -0.393 e. The van der Waals surface area contributed by atoms with Crippen molar-refractivity contribution in [1.29, 1.82) is 0 Å². The molecule has 2 N–H and O–H groups in total. The number of nitrogens with zero attached hydrogens (tertiary/aromatic N) is 3. The van der Waals surface area contributed by atoms with Crippen molar-refractivity contribution in [2.75, 3.05) is 18.4 Å². The third-order valence-corrected chi connectivity index (χ3v) is 7.90. The first-order valence-corrected chi connectivity index (χ1v) is 12.1. The van der Waals surface area contributed by atoms with E-state index in [-0.39, 0.29) is 6.10 Å². The molecule has 0 unspecified atom stereocenters. The van der Waals surface area contributed by atoms with Gasteiger partial charge in [-0.2, -0.15) is 0 Å². The van der Waals surface area contributed by atoms with Crippen LogP contribution in [0.4, 0.5) is 5.82 Å². The third kappa shape index (κ3) is 3.91. The van der Waals surface area contributed by atoms with Crippen LogP contribution in [-0.4, -0.2) is 45.2 Å². The van der Waals surface area contributed by atoms with E-state index in [1.165, 1.54) is 78.7 Å². The normalized spacial score (nSPS) is 26.3. The van der Waals surface area contributed by atoms with E-state index >= 15 is 0 Å². The van der Waals surface area contributed by atoms with Crippen molar-refractivity contribution in [2.24, 2.45) is 0 Å². The van der Waals surface area contributed by atoms with Crippen molar-refractivity contribution >= 4 is 27.4 Å². The molecule has 2 aliphatic carbocycles. The number of rotatable bonds is 4. The van der Waals surface area contributed by atoms with E-state index in [4.69, 9.17) is 9.97 Å². The number of aliphatic hydroxyl groups is 1. The Kier molecular flexibility index (Phi) is 5.53. The topological polar surface area (TPSA) is 61.3 Å². The molecule has 0 bridgehead atoms. The zero-order valence-electron chi connectivity index (χ0n) is 16.8. The van der Waals surface area contributed by atoms with Crippen LogP contribution in [0.15, 0.2) is 0 Å². The van der Waals surface area contributed by atoms with Crippen molar-refractivity contribution < 1.29 is 5.11 Å². The minimum atomic E-state index is -0.118. The fourth-order valence-electron chi connectivity index (χ4n) is 5.11. The summed E-state index contributed by atoms with van der Waals surface area (Å²) < 4.78 is 0. The van der Waals surface area contributed by atoms with Crippen LogP contribution in [0.1, 0.15) is 74.1 Å². The maximum absolute atomic E-state index is 9.86. The third-order valence-electron chi connectivity index (χ3n) is 6.71. The Balaban J connectivity index is 1.47. The number of likely N-dealkylation sites (tertiary alicyclic amines) is 1. The number of aryl methyl sites for hydroxylation is 2. The van der Waals surface area contributed by atoms with Crippen molar-refractivity contribution in [3.63, 3.8) is 0 Å². The standard InChI is InChI=1S/C22H32N4OS/c27-16-10-8-15(9-11-16)23-21-20-17-6-2-3-7-18(17)28-22(20)25-19(24-21)14-26-12-4-1-5-13-26/h15-16,27H,1-14H2,(H,23,24,25). The van der Waals surface area contributed by atoms with Crippen LogP contribution >= 0.6 is 11.3 Å². The van der Waals surface area contributed by atoms with Gasteiger partial charge in [0.15, 0.2) is 0 Å². The highest BCUT2D eigenvalue weighted by Gasteiger charge is 2.25. The van der Waals surface area contributed by atoms with E-state index in [0.717, 1.165) is 43.9 Å². The molecule has 0 amide bonds. The number of aromatic nitrogens is 2. The predicted octanol–water partition coefficient (Wildman–Crippen LogP) is 4.27. The summed E-state index contributed by atoms with van der Waals surface area (Å²) in [6.07, 6.45) is 12.6. The second-order valence-electron chi connectivity index (χ2n) is 8.87. The van der Waals surface area contributed by atoms with Gasteiger partial charge in [0.1, 0.15) is 16.5 Å². The number of nitrogens with one attached hydrogen (secondary N) is 1. The number of piperidine rings is 1. The molecule has 0 spiro atoms. The molecule has 1 saturated heterocycles. The van der Waals surface area contributed by atoms with Gasteiger partial charge in [0.25, 0.3) is 0 Å². The van der Waals surface area contributed by atoms with E-state index in [1.54, 1.807) is 0 Å². The molecule has 1 saturated carbocycles. The number of anilines is 1. The lowest BCUT2D eigenvalue weighted by molar-refractivity contribution is 0.126. The molecule has 5 nitrogen and oxygen atoms in total. The Bertz CT molecular complexity index is 822. The molecular formula is C22H32N4OS. The lowest BCUT2D eigenvalue weighted by Crippen LogP contribution is -2.31. The van der Waals surface area contributed by atoms with Gasteiger partial charge >= 0.3 is 0 Å². The van der Waals surface area contributed by atoms with Crippen LogP contribution in [0.5, 0.6) is 0 Å². The molecule has 3 heterocycles. The van der Waals surface area contributed by atoms with Crippen molar-refractivity contribution in [1.82, 2.24) is 14.9 Å². The Morgan fingerprint density at radius 1 is 0.964 bits per heavy atom. The van der Waals surface area contributed by atoms with Gasteiger partial charge in [0.2, 0.25) is 0 Å². The minimum absolute atomic E-state index is 0.118. The molecule has 5 rings (SSSR count). The summed E-state index contributed by atoms with van der Waals surface area (Å²) in [5, 5.41) is 14.9. The van der Waals surface area contributed by atoms with E-state index < -0.39 is 0 Å². The Hall–Kier alpha value is -1.24. The molecule has 152 valence electrons. The maximum atomic E-state index is 9.86. The first-order chi connectivity index (χ1) is 13.8. The molecule has 0 aromatic carbocycles. The smallest absolute Gasteiger partial charge is 0.146 e. The first-order valence-electron chi connectivity index (χ1n) is 11.2. The largest absolute Gasteiger partial charge is 0.393 e. The van der Waals surface area contributed by atoms with Crippen LogP contribution in [0.2, 0.25) is 0 Å². The predicted molar refractivity (Wildman–Crippen MR) is 115 cm³/mol. The Morgan fingerprint density at radius 2 is 1.75 bits per heavy atom. The van der Waals surface area contributed by atoms with Crippen molar-refractivity contribution in [2.45, 2.75) is 89.3 Å². The van der Waals surface area contributed by atoms with E-state index in [2.05, 4.69) is 10.2 Å². The summed E-state index contributed by atoms with van der Waals surface area (Å²) in [5.74, 6) is 2.05. The average molecular weight is 401 g/mol. The maximum Gasteiger partial charge on any atom is 0.146 e. The fourth-order valence-corrected chi connectivity index (χ4v) is 6.39. The summed E-state index contributed by atoms with van der Waals surface area (Å²) >= 11 is 1.90. The fraction of sp³-hybridized carbons (Fsp3) is 0.727. The van der Waals surface area contributed by atoms with Crippen LogP contribution < -0.4 is 5.32 Å². The molecule has 2 aromatic heterocycles. The molecule has 0 atom stereocenters. The number of thiophene rings is 1. The van der Waals surface area contributed by atoms with Crippen LogP contribution in [0.3, 0.4) is 0 Å². The van der Waals surface area contributed by atoms with E-state index in [1.807, 2.05) is 11.3 Å². The second kappa shape index (κ2) is 8.25. The summed E-state index contributed by atoms with van der Waals surface area (Å²) in [6, 6.07) is 0.420. The molecule has 1 aliphatic heterocycles. The van der Waals surface area contributed by atoms with Crippen molar-refractivity contribution in [3.05, 3.63) is 16.3 Å². The number of hydrogen-bond acceptors (Lipinski definition) is 6. The van der Waals surface area contributed by atoms with Gasteiger partial charge in [0.05, 0.1) is 18.0 Å². The molecule has 3 aliphatic rings. The average Bonchev–Trinajstić information content (AvgIpc) is 3.09. The van der Waals surface area contributed by atoms with E-state index in [9.17, 15) is 5.11 Å². The van der Waals surface area contributed by atoms with Gasteiger partial charge in [-0.05, 0) is 82.9 Å². The Labute approximate surface area is 171 Å². The lowest BCUT2D eigenvalue weighted by atomic mass is 9.92. The van der Waals surface area contributed by atoms with Gasteiger partial charge < -0.3 is 10.4 Å². The summed E-state index contributed by atoms with van der Waals surface area (Å²) in [5.41, 5.74) is 1.51. The number of fused-ring (bicyclic) bond motifs is 3. The van der Waals surface area contributed by atoms with Crippen LogP contribution in [0.25, 0.3) is 10.2 Å². The van der Waals surface area contributed by atoms with Crippen molar-refractivity contribution in [3.8, 4) is 0 Å². The summed E-state index contributed by atoms with van der Waals surface area (Å²) in [7, 11) is 0. The molecule has 0 radical (unpaired) electrons. The van der Waals surface area contributed by atoms with Gasteiger partial charge in [-0.25, -0.2) is 9.97 Å². The summed E-state index contributed by atoms with van der Waals surface area (Å²) in [4.78, 5) is 15.3.